The zero-order chi connectivity index (χ0) is 6.57. The Balaban J connectivity index is 3.35. The van der Waals surface area contributed by atoms with Gasteiger partial charge in [-0.3, -0.25) is 0 Å². The van der Waals surface area contributed by atoms with E-state index in [0.717, 1.165) is 0 Å². The predicted molar refractivity (Wildman–Crippen MR) is 38.4 cm³/mol. The van der Waals surface area contributed by atoms with Gasteiger partial charge in [0.25, 0.3) is 0 Å². The molecule has 0 aromatic rings. The summed E-state index contributed by atoms with van der Waals surface area (Å²) in [5.74, 6) is 0.712. The molecule has 0 aliphatic carbocycles. The first kappa shape index (κ1) is 8.27. The normalized spacial score (nSPS) is 14.6. The maximum atomic E-state index is 8.61. The van der Waals surface area contributed by atoms with Crippen molar-refractivity contribution in [3.8, 4) is 0 Å². The summed E-state index contributed by atoms with van der Waals surface area (Å²) in [4.78, 5) is 1.95. The Morgan fingerprint density at radius 1 is 1.62 bits per heavy atom. The molecule has 0 bridgehead atoms. The highest BCUT2D eigenvalue weighted by Crippen LogP contribution is 1.92. The molecule has 0 heterocycles. The Kier molecular flexibility index (Phi) is 4.32. The largest absolute Gasteiger partial charge is 0.395 e. The summed E-state index contributed by atoms with van der Waals surface area (Å²) in [5, 5.41) is 8.61. The lowest BCUT2D eigenvalue weighted by molar-refractivity contribution is 0.185. The summed E-state index contributed by atoms with van der Waals surface area (Å²) in [6.45, 7) is 0.191. The lowest BCUT2D eigenvalue weighted by atomic mass is 10.3. The summed E-state index contributed by atoms with van der Waals surface area (Å²) >= 11 is 4.03. The molecule has 3 heteroatoms. The number of likely N-dealkylation sites (N-methyl/N-ethyl adjacent to an activating group) is 1. The molecular weight excluding hydrogens is 122 g/mol. The van der Waals surface area contributed by atoms with E-state index in [4.69, 9.17) is 5.11 Å². The van der Waals surface area contributed by atoms with Gasteiger partial charge in [0.15, 0.2) is 0 Å². The van der Waals surface area contributed by atoms with Gasteiger partial charge in [0, 0.05) is 11.8 Å². The van der Waals surface area contributed by atoms with Crippen molar-refractivity contribution in [2.45, 2.75) is 6.04 Å². The van der Waals surface area contributed by atoms with Crippen LogP contribution >= 0.6 is 12.6 Å². The van der Waals surface area contributed by atoms with Gasteiger partial charge < -0.3 is 10.0 Å². The van der Waals surface area contributed by atoms with Crippen molar-refractivity contribution in [2.24, 2.45) is 0 Å². The minimum Gasteiger partial charge on any atom is -0.395 e. The molecule has 0 aromatic carbocycles. The number of rotatable bonds is 3. The van der Waals surface area contributed by atoms with E-state index in [1.807, 2.05) is 19.0 Å². The molecule has 50 valence electrons. The van der Waals surface area contributed by atoms with Gasteiger partial charge in [-0.15, -0.1) is 0 Å². The fourth-order valence-electron chi connectivity index (χ4n) is 0.384. The standard InChI is InChI=1S/C5H13NOS/c1-6(2)5(3-7)4-8/h5,7-8H,3-4H2,1-2H3. The average Bonchev–Trinajstić information content (AvgIpc) is 1.69. The van der Waals surface area contributed by atoms with Gasteiger partial charge >= 0.3 is 0 Å². The van der Waals surface area contributed by atoms with Crippen molar-refractivity contribution in [3.05, 3.63) is 0 Å². The van der Waals surface area contributed by atoms with Crippen molar-refractivity contribution >= 4 is 12.6 Å². The van der Waals surface area contributed by atoms with Gasteiger partial charge in [-0.1, -0.05) is 0 Å². The summed E-state index contributed by atoms with van der Waals surface area (Å²) in [6, 6.07) is 0.207. The monoisotopic (exact) mass is 135 g/mol. The van der Waals surface area contributed by atoms with Crippen LogP contribution in [0.5, 0.6) is 0 Å². The summed E-state index contributed by atoms with van der Waals surface area (Å²) < 4.78 is 0. The molecule has 0 aliphatic rings. The molecule has 0 saturated heterocycles. The Bertz CT molecular complexity index is 54.4. The lowest BCUT2D eigenvalue weighted by Crippen LogP contribution is -2.32. The lowest BCUT2D eigenvalue weighted by Gasteiger charge is -2.18. The zero-order valence-electron chi connectivity index (χ0n) is 5.33. The van der Waals surface area contributed by atoms with Crippen LogP contribution in [0, 0.1) is 0 Å². The molecule has 0 saturated carbocycles. The second-order valence-corrected chi connectivity index (χ2v) is 2.35. The van der Waals surface area contributed by atoms with Crippen LogP contribution in [0.3, 0.4) is 0 Å². The van der Waals surface area contributed by atoms with Crippen molar-refractivity contribution in [2.75, 3.05) is 26.5 Å². The first-order valence-electron chi connectivity index (χ1n) is 2.60. The molecule has 1 atom stereocenters. The number of hydrogen-bond acceptors (Lipinski definition) is 3. The topological polar surface area (TPSA) is 23.5 Å². The van der Waals surface area contributed by atoms with Crippen molar-refractivity contribution in [1.82, 2.24) is 4.90 Å². The molecule has 0 aliphatic heterocycles. The third-order valence-corrected chi connectivity index (χ3v) is 1.57. The van der Waals surface area contributed by atoms with Crippen molar-refractivity contribution < 1.29 is 5.11 Å². The molecule has 0 spiro atoms. The van der Waals surface area contributed by atoms with Gasteiger partial charge in [-0.2, -0.15) is 12.6 Å². The second kappa shape index (κ2) is 4.18. The molecular formula is C5H13NOS. The summed E-state index contributed by atoms with van der Waals surface area (Å²) in [5.41, 5.74) is 0. The average molecular weight is 135 g/mol. The summed E-state index contributed by atoms with van der Waals surface area (Å²) in [7, 11) is 3.86. The van der Waals surface area contributed by atoms with Crippen LogP contribution in [0.4, 0.5) is 0 Å². The van der Waals surface area contributed by atoms with E-state index in [9.17, 15) is 0 Å². The zero-order valence-corrected chi connectivity index (χ0v) is 6.23. The summed E-state index contributed by atoms with van der Waals surface area (Å²) in [6.07, 6.45) is 0. The van der Waals surface area contributed by atoms with Crippen LogP contribution in [0.15, 0.2) is 0 Å². The Morgan fingerprint density at radius 3 is 2.12 bits per heavy atom. The molecule has 0 aromatic heterocycles. The number of hydrogen-bond donors (Lipinski definition) is 2. The van der Waals surface area contributed by atoms with Crippen LogP contribution in [0.25, 0.3) is 0 Å². The molecule has 0 amide bonds. The van der Waals surface area contributed by atoms with Crippen LogP contribution in [0.1, 0.15) is 0 Å². The van der Waals surface area contributed by atoms with Crippen molar-refractivity contribution in [3.63, 3.8) is 0 Å². The molecule has 0 fully saturated rings. The quantitative estimate of drug-likeness (QED) is 0.525. The van der Waals surface area contributed by atoms with Crippen LogP contribution < -0.4 is 0 Å². The Morgan fingerprint density at radius 2 is 2.12 bits per heavy atom. The van der Waals surface area contributed by atoms with E-state index in [1.165, 1.54) is 0 Å². The Hall–Kier alpha value is 0.270. The van der Waals surface area contributed by atoms with E-state index in [1.54, 1.807) is 0 Å². The molecule has 2 nitrogen and oxygen atoms in total. The third kappa shape index (κ3) is 2.55. The van der Waals surface area contributed by atoms with Crippen LogP contribution in [0.2, 0.25) is 0 Å². The molecule has 1 N–H and O–H groups in total. The van der Waals surface area contributed by atoms with E-state index < -0.39 is 0 Å². The molecule has 0 rings (SSSR count). The first-order valence-corrected chi connectivity index (χ1v) is 3.23. The first-order chi connectivity index (χ1) is 3.72. The van der Waals surface area contributed by atoms with Gasteiger partial charge in [0.05, 0.1) is 6.61 Å². The highest BCUT2D eigenvalue weighted by molar-refractivity contribution is 7.80. The maximum absolute atomic E-state index is 8.61. The smallest absolute Gasteiger partial charge is 0.0594 e. The van der Waals surface area contributed by atoms with Gasteiger partial charge in [-0.05, 0) is 14.1 Å². The van der Waals surface area contributed by atoms with Crippen LogP contribution in [-0.4, -0.2) is 42.5 Å². The highest BCUT2D eigenvalue weighted by Gasteiger charge is 2.04. The fraction of sp³-hybridized carbons (Fsp3) is 1.00. The third-order valence-electron chi connectivity index (χ3n) is 1.15. The predicted octanol–water partition coefficient (Wildman–Crippen LogP) is -0.161. The van der Waals surface area contributed by atoms with Gasteiger partial charge in [0.1, 0.15) is 0 Å². The minimum atomic E-state index is 0.191. The van der Waals surface area contributed by atoms with Crippen molar-refractivity contribution in [1.29, 1.82) is 0 Å². The van der Waals surface area contributed by atoms with Crippen LogP contribution in [-0.2, 0) is 0 Å². The molecule has 1 unspecified atom stereocenters. The van der Waals surface area contributed by atoms with Gasteiger partial charge in [-0.25, -0.2) is 0 Å². The maximum Gasteiger partial charge on any atom is 0.0594 e. The number of thiol groups is 1. The van der Waals surface area contributed by atoms with E-state index >= 15 is 0 Å². The second-order valence-electron chi connectivity index (χ2n) is 1.98. The van der Waals surface area contributed by atoms with E-state index in [2.05, 4.69) is 12.6 Å². The number of aliphatic hydroxyl groups is 1. The minimum absolute atomic E-state index is 0.191. The molecule has 8 heavy (non-hydrogen) atoms. The SMILES string of the molecule is CN(C)C(CO)CS. The number of aliphatic hydroxyl groups excluding tert-OH is 1. The number of nitrogens with zero attached hydrogens (tertiary/aromatic N) is 1. The molecule has 0 radical (unpaired) electrons. The Labute approximate surface area is 55.9 Å². The highest BCUT2D eigenvalue weighted by atomic mass is 32.1. The van der Waals surface area contributed by atoms with E-state index in [0.29, 0.717) is 5.75 Å². The fourth-order valence-corrected chi connectivity index (χ4v) is 0.826. The van der Waals surface area contributed by atoms with Gasteiger partial charge in [0.2, 0.25) is 0 Å². The van der Waals surface area contributed by atoms with E-state index in [-0.39, 0.29) is 12.6 Å².